The van der Waals surface area contributed by atoms with Crippen molar-refractivity contribution in [2.45, 2.75) is 25.7 Å². The molecule has 4 nitrogen and oxygen atoms in total. The van der Waals surface area contributed by atoms with E-state index in [4.69, 9.17) is 5.11 Å². The molecule has 1 aliphatic rings. The number of carbonyl (C=O) groups excluding carboxylic acids is 1. The Morgan fingerprint density at radius 3 is 2.53 bits per heavy atom. The van der Waals surface area contributed by atoms with Gasteiger partial charge in [-0.3, -0.25) is 9.59 Å². The molecule has 1 aromatic carbocycles. The molecule has 0 saturated heterocycles. The maximum absolute atomic E-state index is 11.8. The molecule has 2 N–H and O–H groups in total. The third-order valence-electron chi connectivity index (χ3n) is 3.73. The molecule has 0 bridgehead atoms. The highest BCUT2D eigenvalue weighted by atomic mass is 16.4. The van der Waals surface area contributed by atoms with Gasteiger partial charge in [0.1, 0.15) is 0 Å². The maximum atomic E-state index is 11.8. The number of aliphatic carboxylic acids is 1. The van der Waals surface area contributed by atoms with Crippen LogP contribution in [0.25, 0.3) is 0 Å². The first-order valence-electron chi connectivity index (χ1n) is 6.69. The highest BCUT2D eigenvalue weighted by Crippen LogP contribution is 2.38. The lowest BCUT2D eigenvalue weighted by Crippen LogP contribution is -2.30. The monoisotopic (exact) mass is 261 g/mol. The van der Waals surface area contributed by atoms with E-state index in [9.17, 15) is 9.59 Å². The van der Waals surface area contributed by atoms with Crippen molar-refractivity contribution in [1.29, 1.82) is 0 Å². The molecule has 1 aliphatic carbocycles. The van der Waals surface area contributed by atoms with E-state index in [-0.39, 0.29) is 17.7 Å². The Kier molecular flexibility index (Phi) is 4.20. The van der Waals surface area contributed by atoms with Gasteiger partial charge in [0.2, 0.25) is 5.91 Å². The quantitative estimate of drug-likeness (QED) is 0.823. The Balaban J connectivity index is 1.84. The van der Waals surface area contributed by atoms with Crippen LogP contribution in [0.4, 0.5) is 0 Å². The van der Waals surface area contributed by atoms with Gasteiger partial charge in [-0.2, -0.15) is 0 Å². The van der Waals surface area contributed by atoms with Crippen LogP contribution in [0.3, 0.4) is 0 Å². The molecule has 0 spiro atoms. The number of carboxylic acid groups (broad SMARTS) is 1. The first kappa shape index (κ1) is 13.6. The number of carboxylic acids is 1. The van der Waals surface area contributed by atoms with E-state index in [1.165, 1.54) is 5.56 Å². The van der Waals surface area contributed by atoms with Crippen LogP contribution in [0.5, 0.6) is 0 Å². The number of hydrogen-bond acceptors (Lipinski definition) is 2. The normalized spacial score (nSPS) is 22.6. The largest absolute Gasteiger partial charge is 0.481 e. The van der Waals surface area contributed by atoms with Gasteiger partial charge >= 0.3 is 5.97 Å². The molecule has 0 aliphatic heterocycles. The summed E-state index contributed by atoms with van der Waals surface area (Å²) in [6.45, 7) is 2.66. The van der Waals surface area contributed by atoms with Gasteiger partial charge in [0, 0.05) is 12.5 Å². The van der Waals surface area contributed by atoms with Gasteiger partial charge in [0.25, 0.3) is 0 Å². The SMILES string of the molecule is CCC(CNC(=O)C1CC1C(=O)O)c1ccccc1. The van der Waals surface area contributed by atoms with E-state index >= 15 is 0 Å². The fraction of sp³-hybridized carbons (Fsp3) is 0.467. The Labute approximate surface area is 112 Å². The summed E-state index contributed by atoms with van der Waals surface area (Å²) in [7, 11) is 0. The van der Waals surface area contributed by atoms with E-state index in [1.807, 2.05) is 18.2 Å². The Morgan fingerprint density at radius 1 is 1.32 bits per heavy atom. The van der Waals surface area contributed by atoms with Crippen LogP contribution >= 0.6 is 0 Å². The second kappa shape index (κ2) is 5.87. The van der Waals surface area contributed by atoms with Crippen molar-refractivity contribution in [2.24, 2.45) is 11.8 Å². The lowest BCUT2D eigenvalue weighted by Gasteiger charge is -2.16. The Hall–Kier alpha value is -1.84. The van der Waals surface area contributed by atoms with Crippen molar-refractivity contribution in [3.63, 3.8) is 0 Å². The smallest absolute Gasteiger partial charge is 0.307 e. The molecule has 0 radical (unpaired) electrons. The highest BCUT2D eigenvalue weighted by Gasteiger charge is 2.48. The van der Waals surface area contributed by atoms with Crippen LogP contribution in [0.15, 0.2) is 30.3 Å². The van der Waals surface area contributed by atoms with Gasteiger partial charge in [-0.05, 0) is 18.4 Å². The Morgan fingerprint density at radius 2 is 2.00 bits per heavy atom. The van der Waals surface area contributed by atoms with E-state index in [0.29, 0.717) is 13.0 Å². The number of hydrogen-bond donors (Lipinski definition) is 2. The summed E-state index contributed by atoms with van der Waals surface area (Å²) < 4.78 is 0. The summed E-state index contributed by atoms with van der Waals surface area (Å²) in [5, 5.41) is 11.7. The van der Waals surface area contributed by atoms with E-state index in [2.05, 4.69) is 24.4 Å². The standard InChI is InChI=1S/C15H19NO3/c1-2-10(11-6-4-3-5-7-11)9-16-14(17)12-8-13(12)15(18)19/h3-7,10,12-13H,2,8-9H2,1H3,(H,16,17)(H,18,19). The maximum Gasteiger partial charge on any atom is 0.307 e. The molecule has 0 aromatic heterocycles. The van der Waals surface area contributed by atoms with Crippen LogP contribution in [0, 0.1) is 11.8 Å². The fourth-order valence-corrected chi connectivity index (χ4v) is 2.34. The van der Waals surface area contributed by atoms with Gasteiger partial charge in [0.05, 0.1) is 11.8 Å². The minimum absolute atomic E-state index is 0.123. The highest BCUT2D eigenvalue weighted by molar-refractivity contribution is 5.89. The number of nitrogens with one attached hydrogen (secondary N) is 1. The number of amides is 1. The van der Waals surface area contributed by atoms with Crippen molar-refractivity contribution < 1.29 is 14.7 Å². The molecule has 0 heterocycles. The first-order chi connectivity index (χ1) is 9.13. The van der Waals surface area contributed by atoms with E-state index in [0.717, 1.165) is 6.42 Å². The molecule has 1 amide bonds. The average molecular weight is 261 g/mol. The van der Waals surface area contributed by atoms with Crippen molar-refractivity contribution in [3.05, 3.63) is 35.9 Å². The van der Waals surface area contributed by atoms with Gasteiger partial charge in [-0.25, -0.2) is 0 Å². The molecular weight excluding hydrogens is 242 g/mol. The fourth-order valence-electron chi connectivity index (χ4n) is 2.34. The van der Waals surface area contributed by atoms with Crippen LogP contribution in [-0.2, 0) is 9.59 Å². The summed E-state index contributed by atoms with van der Waals surface area (Å²) in [5.74, 6) is -1.51. The summed E-state index contributed by atoms with van der Waals surface area (Å²) in [4.78, 5) is 22.5. The zero-order valence-corrected chi connectivity index (χ0v) is 11.0. The molecule has 1 saturated carbocycles. The number of rotatable bonds is 6. The van der Waals surface area contributed by atoms with E-state index < -0.39 is 11.9 Å². The van der Waals surface area contributed by atoms with Crippen molar-refractivity contribution in [2.75, 3.05) is 6.54 Å². The molecule has 3 atom stereocenters. The number of carbonyl (C=O) groups is 2. The molecule has 102 valence electrons. The molecular formula is C15H19NO3. The van der Waals surface area contributed by atoms with Crippen LogP contribution in [0.2, 0.25) is 0 Å². The third-order valence-corrected chi connectivity index (χ3v) is 3.73. The minimum Gasteiger partial charge on any atom is -0.481 e. The summed E-state index contributed by atoms with van der Waals surface area (Å²) in [5.41, 5.74) is 1.20. The van der Waals surface area contributed by atoms with Crippen LogP contribution in [0.1, 0.15) is 31.2 Å². The zero-order valence-electron chi connectivity index (χ0n) is 11.0. The van der Waals surface area contributed by atoms with Crippen LogP contribution < -0.4 is 5.32 Å². The topological polar surface area (TPSA) is 66.4 Å². The first-order valence-corrected chi connectivity index (χ1v) is 6.69. The summed E-state index contributed by atoms with van der Waals surface area (Å²) in [6, 6.07) is 10.0. The summed E-state index contributed by atoms with van der Waals surface area (Å²) >= 11 is 0. The van der Waals surface area contributed by atoms with Crippen molar-refractivity contribution in [1.82, 2.24) is 5.32 Å². The molecule has 1 aromatic rings. The molecule has 3 unspecified atom stereocenters. The van der Waals surface area contributed by atoms with Crippen molar-refractivity contribution in [3.8, 4) is 0 Å². The Bertz CT molecular complexity index is 458. The lowest BCUT2D eigenvalue weighted by atomic mass is 9.96. The average Bonchev–Trinajstić information content (AvgIpc) is 3.21. The summed E-state index contributed by atoms with van der Waals surface area (Å²) in [6.07, 6.45) is 1.42. The minimum atomic E-state index is -0.866. The number of benzene rings is 1. The van der Waals surface area contributed by atoms with Crippen molar-refractivity contribution >= 4 is 11.9 Å². The molecule has 1 fully saturated rings. The zero-order chi connectivity index (χ0) is 13.8. The molecule has 2 rings (SSSR count). The second-order valence-electron chi connectivity index (χ2n) is 5.05. The van der Waals surface area contributed by atoms with E-state index in [1.54, 1.807) is 0 Å². The van der Waals surface area contributed by atoms with Gasteiger partial charge in [-0.15, -0.1) is 0 Å². The molecule has 19 heavy (non-hydrogen) atoms. The van der Waals surface area contributed by atoms with Crippen LogP contribution in [-0.4, -0.2) is 23.5 Å². The van der Waals surface area contributed by atoms with Gasteiger partial charge < -0.3 is 10.4 Å². The predicted octanol–water partition coefficient (Wildman–Crippen LogP) is 2.02. The van der Waals surface area contributed by atoms with Gasteiger partial charge in [0.15, 0.2) is 0 Å². The van der Waals surface area contributed by atoms with Gasteiger partial charge in [-0.1, -0.05) is 37.3 Å². The molecule has 4 heteroatoms. The lowest BCUT2D eigenvalue weighted by molar-refractivity contribution is -0.140. The predicted molar refractivity (Wildman–Crippen MR) is 71.7 cm³/mol. The third kappa shape index (κ3) is 3.34. The second-order valence-corrected chi connectivity index (χ2v) is 5.05.